The zero-order valence-corrected chi connectivity index (χ0v) is 36.9. The van der Waals surface area contributed by atoms with Crippen LogP contribution in [0.3, 0.4) is 0 Å². The number of benzene rings is 11. The van der Waals surface area contributed by atoms with Crippen LogP contribution in [0.1, 0.15) is 0 Å². The molecule has 0 bridgehead atoms. The molecule has 11 aromatic carbocycles. The SMILES string of the molecule is c1ccc(-c2nc(-c3ccc4c(c3)oc3ccccc34)nc(-c3ccc4c5ccccc5c5c(-n6c7ccccc7c7cc(-c8ccc9oc%10ccccc%10c9c8)ccc76)cccc5c4c3)n2)cc1. The first-order chi connectivity index (χ1) is 34.2. The molecule has 0 saturated heterocycles. The van der Waals surface area contributed by atoms with Crippen LogP contribution in [0, 0.1) is 0 Å². The average Bonchev–Trinajstić information content (AvgIpc) is 4.09. The monoisotopic (exact) mass is 880 g/mol. The summed E-state index contributed by atoms with van der Waals surface area (Å²) in [6.45, 7) is 0. The lowest BCUT2D eigenvalue weighted by atomic mass is 9.92. The van der Waals surface area contributed by atoms with E-state index in [4.69, 9.17) is 23.8 Å². The minimum atomic E-state index is 0.581. The minimum absolute atomic E-state index is 0.581. The molecule has 0 aliphatic heterocycles. The van der Waals surface area contributed by atoms with Gasteiger partial charge in [0.05, 0.1) is 16.7 Å². The molecule has 0 atom stereocenters. The first kappa shape index (κ1) is 37.8. The molecule has 15 aromatic rings. The van der Waals surface area contributed by atoms with Crippen molar-refractivity contribution in [3.63, 3.8) is 0 Å². The van der Waals surface area contributed by atoms with E-state index in [2.05, 4.69) is 156 Å². The summed E-state index contributed by atoms with van der Waals surface area (Å²) in [6, 6.07) is 77.1. The third-order valence-electron chi connectivity index (χ3n) is 14.0. The lowest BCUT2D eigenvalue weighted by Crippen LogP contribution is -2.00. The van der Waals surface area contributed by atoms with Gasteiger partial charge in [-0.15, -0.1) is 0 Å². The Morgan fingerprint density at radius 1 is 0.261 bits per heavy atom. The van der Waals surface area contributed by atoms with E-state index in [1.54, 1.807) is 0 Å². The highest BCUT2D eigenvalue weighted by Crippen LogP contribution is 2.43. The number of furan rings is 2. The summed E-state index contributed by atoms with van der Waals surface area (Å²) < 4.78 is 15.0. The Morgan fingerprint density at radius 3 is 1.52 bits per heavy atom. The molecule has 6 heteroatoms. The molecule has 0 radical (unpaired) electrons. The number of para-hydroxylation sites is 3. The number of nitrogens with zero attached hydrogens (tertiary/aromatic N) is 4. The molecule has 320 valence electrons. The highest BCUT2D eigenvalue weighted by molar-refractivity contribution is 6.28. The lowest BCUT2D eigenvalue weighted by Gasteiger charge is -2.17. The predicted molar refractivity (Wildman–Crippen MR) is 283 cm³/mol. The molecule has 0 unspecified atom stereocenters. The van der Waals surface area contributed by atoms with E-state index < -0.39 is 0 Å². The zero-order chi connectivity index (χ0) is 45.2. The van der Waals surface area contributed by atoms with Crippen LogP contribution in [0.2, 0.25) is 0 Å². The van der Waals surface area contributed by atoms with Gasteiger partial charge in [0.15, 0.2) is 17.5 Å². The van der Waals surface area contributed by atoms with Crippen molar-refractivity contribution in [1.29, 1.82) is 0 Å². The molecule has 4 aromatic heterocycles. The fourth-order valence-electron chi connectivity index (χ4n) is 10.8. The van der Waals surface area contributed by atoms with Crippen molar-refractivity contribution in [1.82, 2.24) is 19.5 Å². The van der Waals surface area contributed by atoms with Gasteiger partial charge in [0, 0.05) is 54.4 Å². The van der Waals surface area contributed by atoms with Gasteiger partial charge in [0.25, 0.3) is 0 Å². The highest BCUT2D eigenvalue weighted by Gasteiger charge is 2.21. The van der Waals surface area contributed by atoms with Crippen LogP contribution in [0.15, 0.2) is 227 Å². The summed E-state index contributed by atoms with van der Waals surface area (Å²) in [5.74, 6) is 1.79. The largest absolute Gasteiger partial charge is 0.456 e. The van der Waals surface area contributed by atoms with Crippen molar-refractivity contribution in [2.24, 2.45) is 0 Å². The van der Waals surface area contributed by atoms with Crippen molar-refractivity contribution in [3.05, 3.63) is 218 Å². The molecule has 4 heterocycles. The second-order valence-electron chi connectivity index (χ2n) is 17.9. The number of fused-ring (bicyclic) bond motifs is 15. The van der Waals surface area contributed by atoms with Crippen LogP contribution in [0.4, 0.5) is 0 Å². The Balaban J connectivity index is 0.929. The van der Waals surface area contributed by atoms with Crippen LogP contribution in [0.5, 0.6) is 0 Å². The number of rotatable bonds is 5. The number of aromatic nitrogens is 4. The summed E-state index contributed by atoms with van der Waals surface area (Å²) in [6.07, 6.45) is 0. The van der Waals surface area contributed by atoms with Gasteiger partial charge >= 0.3 is 0 Å². The molecule has 0 aliphatic rings. The first-order valence-corrected chi connectivity index (χ1v) is 23.2. The number of hydrogen-bond donors (Lipinski definition) is 0. The van der Waals surface area contributed by atoms with Gasteiger partial charge in [-0.05, 0) is 105 Å². The van der Waals surface area contributed by atoms with Gasteiger partial charge < -0.3 is 13.4 Å². The average molecular weight is 881 g/mol. The topological polar surface area (TPSA) is 69.9 Å². The van der Waals surface area contributed by atoms with Crippen molar-refractivity contribution < 1.29 is 8.83 Å². The molecular weight excluding hydrogens is 845 g/mol. The molecule has 0 fully saturated rings. The van der Waals surface area contributed by atoms with E-state index in [1.165, 1.54) is 32.3 Å². The van der Waals surface area contributed by atoms with Gasteiger partial charge in [-0.3, -0.25) is 0 Å². The van der Waals surface area contributed by atoms with Crippen molar-refractivity contribution in [2.75, 3.05) is 0 Å². The summed E-state index contributed by atoms with van der Waals surface area (Å²) in [7, 11) is 0. The molecule has 0 aliphatic carbocycles. The van der Waals surface area contributed by atoms with Crippen LogP contribution in [-0.4, -0.2) is 19.5 Å². The Hall–Kier alpha value is -9.39. The summed E-state index contributed by atoms with van der Waals surface area (Å²) >= 11 is 0. The third-order valence-corrected chi connectivity index (χ3v) is 14.0. The first-order valence-electron chi connectivity index (χ1n) is 23.2. The lowest BCUT2D eigenvalue weighted by molar-refractivity contribution is 0.668. The van der Waals surface area contributed by atoms with E-state index in [-0.39, 0.29) is 0 Å². The molecule has 69 heavy (non-hydrogen) atoms. The quantitative estimate of drug-likeness (QED) is 0.161. The van der Waals surface area contributed by atoms with E-state index in [0.717, 1.165) is 99.2 Å². The smallest absolute Gasteiger partial charge is 0.164 e. The summed E-state index contributed by atoms with van der Waals surface area (Å²) in [5.41, 5.74) is 11.9. The van der Waals surface area contributed by atoms with Gasteiger partial charge in [-0.1, -0.05) is 152 Å². The van der Waals surface area contributed by atoms with Gasteiger partial charge in [0.2, 0.25) is 0 Å². The fourth-order valence-corrected chi connectivity index (χ4v) is 10.8. The second kappa shape index (κ2) is 14.6. The van der Waals surface area contributed by atoms with Crippen molar-refractivity contribution in [3.8, 4) is 51.0 Å². The Kier molecular flexibility index (Phi) is 7.97. The molecular formula is C63H36N4O2. The summed E-state index contributed by atoms with van der Waals surface area (Å²) in [4.78, 5) is 15.5. The fraction of sp³-hybridized carbons (Fsp3) is 0. The molecule has 0 spiro atoms. The van der Waals surface area contributed by atoms with Crippen LogP contribution >= 0.6 is 0 Å². The molecule has 0 N–H and O–H groups in total. The van der Waals surface area contributed by atoms with E-state index in [9.17, 15) is 0 Å². The van der Waals surface area contributed by atoms with E-state index >= 15 is 0 Å². The highest BCUT2D eigenvalue weighted by atomic mass is 16.3. The molecule has 6 nitrogen and oxygen atoms in total. The molecule has 0 saturated carbocycles. The van der Waals surface area contributed by atoms with Crippen molar-refractivity contribution >= 4 is 98.0 Å². The maximum absolute atomic E-state index is 6.32. The van der Waals surface area contributed by atoms with E-state index in [1.807, 2.05) is 66.7 Å². The minimum Gasteiger partial charge on any atom is -0.456 e. The van der Waals surface area contributed by atoms with Crippen LogP contribution in [-0.2, 0) is 0 Å². The molecule has 0 amide bonds. The van der Waals surface area contributed by atoms with Crippen molar-refractivity contribution in [2.45, 2.75) is 0 Å². The van der Waals surface area contributed by atoms with Crippen LogP contribution < -0.4 is 0 Å². The Bertz CT molecular complexity index is 4620. The normalized spacial score (nSPS) is 12.1. The molecule has 15 rings (SSSR count). The van der Waals surface area contributed by atoms with Gasteiger partial charge in [-0.2, -0.15) is 0 Å². The zero-order valence-electron chi connectivity index (χ0n) is 36.9. The summed E-state index contributed by atoms with van der Waals surface area (Å²) in [5, 5.41) is 13.8. The van der Waals surface area contributed by atoms with Gasteiger partial charge in [-0.25, -0.2) is 15.0 Å². The Labute approximate surface area is 394 Å². The third kappa shape index (κ3) is 5.76. The van der Waals surface area contributed by atoms with E-state index in [0.29, 0.717) is 17.5 Å². The van der Waals surface area contributed by atoms with Crippen LogP contribution in [0.25, 0.3) is 149 Å². The maximum atomic E-state index is 6.32. The maximum Gasteiger partial charge on any atom is 0.164 e. The Morgan fingerprint density at radius 2 is 0.739 bits per heavy atom. The van der Waals surface area contributed by atoms with Gasteiger partial charge in [0.1, 0.15) is 22.3 Å². The number of hydrogen-bond acceptors (Lipinski definition) is 5. The standard InChI is InChI=1S/C63H36N4O2/c1-2-13-37(14-3-1)61-64-62(66-63(65-61)41-26-30-47-45-17-7-10-23-56(45)69-59(47)36-41)40-25-29-43-42-15-4-5-19-48(42)60-49(50(43)35-40)20-12-22-55(60)67-53-21-9-6-16-44(53)51-33-38(27-31-54(51)67)39-28-32-58-52(34-39)46-18-8-11-24-57(46)68-58/h1-36H. The predicted octanol–water partition coefficient (Wildman–Crippen LogP) is 16.9. The second-order valence-corrected chi connectivity index (χ2v) is 17.9.